The molecule has 5 N–H and O–H groups in total. The van der Waals surface area contributed by atoms with E-state index in [1.807, 2.05) is 19.3 Å². The maximum Gasteiger partial charge on any atom is 0.239 e. The first kappa shape index (κ1) is 15.1. The summed E-state index contributed by atoms with van der Waals surface area (Å²) in [7, 11) is 0. The summed E-state index contributed by atoms with van der Waals surface area (Å²) < 4.78 is 26.5. The molecule has 0 aliphatic heterocycles. The first-order valence-electron chi connectivity index (χ1n) is 5.77. The lowest BCUT2D eigenvalue weighted by atomic mass is 10.2. The quantitative estimate of drug-likeness (QED) is 0.455. The summed E-state index contributed by atoms with van der Waals surface area (Å²) in [5.74, 6) is 2.69. The summed E-state index contributed by atoms with van der Waals surface area (Å²) >= 11 is 0. The van der Waals surface area contributed by atoms with Crippen LogP contribution in [-0.4, -0.2) is 24.0 Å². The number of hydrazine groups is 1. The average Bonchev–Trinajstić information content (AvgIpc) is 2.35. The topological polar surface area (TPSA) is 92.1 Å². The molecule has 1 aromatic heterocycles. The van der Waals surface area contributed by atoms with Gasteiger partial charge in [0.05, 0.1) is 6.54 Å². The molecule has 0 unspecified atom stereocenters. The number of rotatable bonds is 6. The number of hydrogen-bond acceptors (Lipinski definition) is 5. The first-order valence-corrected chi connectivity index (χ1v) is 5.77. The van der Waals surface area contributed by atoms with Crippen molar-refractivity contribution in [2.45, 2.75) is 13.8 Å². The highest BCUT2D eigenvalue weighted by atomic mass is 19.1. The summed E-state index contributed by atoms with van der Waals surface area (Å²) in [6, 6.07) is 0.635. The second-order valence-corrected chi connectivity index (χ2v) is 4.35. The van der Waals surface area contributed by atoms with E-state index in [1.54, 1.807) is 0 Å². The van der Waals surface area contributed by atoms with Crippen molar-refractivity contribution in [3.8, 4) is 0 Å². The van der Waals surface area contributed by atoms with Crippen molar-refractivity contribution in [3.05, 3.63) is 17.7 Å². The van der Waals surface area contributed by atoms with E-state index in [0.717, 1.165) is 0 Å². The van der Waals surface area contributed by atoms with Gasteiger partial charge in [-0.2, -0.15) is 0 Å². The van der Waals surface area contributed by atoms with Crippen molar-refractivity contribution in [2.24, 2.45) is 11.8 Å². The average molecular weight is 273 g/mol. The third kappa shape index (κ3) is 4.66. The highest BCUT2D eigenvalue weighted by Gasteiger charge is 2.12. The van der Waals surface area contributed by atoms with Gasteiger partial charge in [0, 0.05) is 12.6 Å². The molecule has 0 fully saturated rings. The van der Waals surface area contributed by atoms with Crippen LogP contribution in [0.5, 0.6) is 0 Å². The van der Waals surface area contributed by atoms with Gasteiger partial charge < -0.3 is 16.1 Å². The number of hydrogen-bond donors (Lipinski definition) is 4. The Morgan fingerprint density at radius 3 is 2.58 bits per heavy atom. The number of halogens is 2. The second-order valence-electron chi connectivity index (χ2n) is 4.35. The second kappa shape index (κ2) is 6.83. The van der Waals surface area contributed by atoms with Crippen LogP contribution in [0.15, 0.2) is 6.07 Å². The van der Waals surface area contributed by atoms with Crippen molar-refractivity contribution < 1.29 is 13.6 Å². The molecule has 1 amide bonds. The zero-order chi connectivity index (χ0) is 14.4. The molecule has 0 spiro atoms. The van der Waals surface area contributed by atoms with Gasteiger partial charge in [0.15, 0.2) is 23.3 Å². The number of nitrogens with one attached hydrogen (secondary N) is 3. The third-order valence-corrected chi connectivity index (χ3v) is 2.19. The fourth-order valence-electron chi connectivity index (χ4n) is 1.24. The molecule has 6 nitrogen and oxygen atoms in total. The van der Waals surface area contributed by atoms with Gasteiger partial charge in [-0.1, -0.05) is 13.8 Å². The summed E-state index contributed by atoms with van der Waals surface area (Å²) in [5.41, 5.74) is 2.00. The Hall–Kier alpha value is -1.96. The number of anilines is 2. The molecule has 0 aliphatic carbocycles. The van der Waals surface area contributed by atoms with Gasteiger partial charge in [0.1, 0.15) is 0 Å². The van der Waals surface area contributed by atoms with Gasteiger partial charge in [-0.25, -0.2) is 19.6 Å². The Morgan fingerprint density at radius 2 is 2.00 bits per heavy atom. The van der Waals surface area contributed by atoms with E-state index in [1.165, 1.54) is 0 Å². The maximum absolute atomic E-state index is 13.4. The predicted octanol–water partition coefficient (Wildman–Crippen LogP) is 0.829. The van der Waals surface area contributed by atoms with Crippen LogP contribution >= 0.6 is 0 Å². The molecule has 106 valence electrons. The molecule has 0 aromatic carbocycles. The first-order chi connectivity index (χ1) is 8.93. The highest BCUT2D eigenvalue weighted by Crippen LogP contribution is 2.17. The molecule has 0 bridgehead atoms. The summed E-state index contributed by atoms with van der Waals surface area (Å²) in [6.07, 6.45) is 0. The maximum atomic E-state index is 13.4. The SMILES string of the molecule is CC(C)CNC(=O)CNc1nc(NN)c(F)cc1F. The Kier molecular flexibility index (Phi) is 5.43. The van der Waals surface area contributed by atoms with Gasteiger partial charge in [-0.05, 0) is 5.92 Å². The summed E-state index contributed by atoms with van der Waals surface area (Å²) in [6.45, 7) is 4.27. The number of nitrogens with zero attached hydrogens (tertiary/aromatic N) is 1. The van der Waals surface area contributed by atoms with Crippen LogP contribution in [0, 0.1) is 17.6 Å². The molecule has 1 rings (SSSR count). The lowest BCUT2D eigenvalue weighted by molar-refractivity contribution is -0.119. The van der Waals surface area contributed by atoms with Gasteiger partial charge >= 0.3 is 0 Å². The van der Waals surface area contributed by atoms with Crippen LogP contribution in [0.25, 0.3) is 0 Å². The number of carbonyl (C=O) groups excluding carboxylic acids is 1. The largest absolute Gasteiger partial charge is 0.359 e. The molecule has 0 atom stereocenters. The van der Waals surface area contributed by atoms with Gasteiger partial charge in [0.25, 0.3) is 0 Å². The molecule has 0 aliphatic rings. The van der Waals surface area contributed by atoms with Crippen LogP contribution in [0.1, 0.15) is 13.8 Å². The molecular formula is C11H17F2N5O. The predicted molar refractivity (Wildman–Crippen MR) is 68.3 cm³/mol. The summed E-state index contributed by atoms with van der Waals surface area (Å²) in [4.78, 5) is 15.0. The number of amides is 1. The van der Waals surface area contributed by atoms with Crippen molar-refractivity contribution in [3.63, 3.8) is 0 Å². The fourth-order valence-corrected chi connectivity index (χ4v) is 1.24. The molecule has 0 saturated heterocycles. The van der Waals surface area contributed by atoms with E-state index in [2.05, 4.69) is 15.6 Å². The van der Waals surface area contributed by atoms with E-state index in [0.29, 0.717) is 18.5 Å². The molecular weight excluding hydrogens is 256 g/mol. The fraction of sp³-hybridized carbons (Fsp3) is 0.455. The van der Waals surface area contributed by atoms with Crippen molar-refractivity contribution in [1.82, 2.24) is 10.3 Å². The lowest BCUT2D eigenvalue weighted by Gasteiger charge is -2.10. The van der Waals surface area contributed by atoms with Gasteiger partial charge in [-0.15, -0.1) is 0 Å². The Bertz CT molecular complexity index is 453. The lowest BCUT2D eigenvalue weighted by Crippen LogP contribution is -2.32. The molecule has 1 aromatic rings. The smallest absolute Gasteiger partial charge is 0.239 e. The van der Waals surface area contributed by atoms with Crippen LogP contribution in [0.4, 0.5) is 20.4 Å². The minimum Gasteiger partial charge on any atom is -0.359 e. The molecule has 0 saturated carbocycles. The zero-order valence-corrected chi connectivity index (χ0v) is 10.8. The van der Waals surface area contributed by atoms with Crippen LogP contribution in [0.2, 0.25) is 0 Å². The van der Waals surface area contributed by atoms with E-state index < -0.39 is 11.6 Å². The number of nitrogens with two attached hydrogens (primary N) is 1. The Labute approximate surface area is 109 Å². The Balaban J connectivity index is 2.60. The van der Waals surface area contributed by atoms with Crippen molar-refractivity contribution in [2.75, 3.05) is 23.8 Å². The van der Waals surface area contributed by atoms with Crippen LogP contribution < -0.4 is 21.9 Å². The number of pyridine rings is 1. The summed E-state index contributed by atoms with van der Waals surface area (Å²) in [5, 5.41) is 5.12. The van der Waals surface area contributed by atoms with Crippen LogP contribution in [-0.2, 0) is 4.79 Å². The molecule has 19 heavy (non-hydrogen) atoms. The van der Waals surface area contributed by atoms with E-state index in [9.17, 15) is 13.6 Å². The minimum absolute atomic E-state index is 0.160. The molecule has 8 heteroatoms. The number of nitrogen functional groups attached to an aromatic ring is 1. The highest BCUT2D eigenvalue weighted by molar-refractivity contribution is 5.80. The van der Waals surface area contributed by atoms with Gasteiger partial charge in [-0.3, -0.25) is 4.79 Å². The van der Waals surface area contributed by atoms with Crippen molar-refractivity contribution >= 4 is 17.5 Å². The number of aromatic nitrogens is 1. The minimum atomic E-state index is -0.908. The normalized spacial score (nSPS) is 10.4. The standard InChI is InChI=1S/C11H17F2N5O/c1-6(2)4-15-9(19)5-16-10-7(12)3-8(13)11(17-10)18-14/h3,6H,4-5,14H2,1-2H3,(H,15,19)(H2,16,17,18). The van der Waals surface area contributed by atoms with Gasteiger partial charge in [0.2, 0.25) is 5.91 Å². The third-order valence-electron chi connectivity index (χ3n) is 2.19. The van der Waals surface area contributed by atoms with Crippen molar-refractivity contribution in [1.29, 1.82) is 0 Å². The zero-order valence-electron chi connectivity index (χ0n) is 10.8. The van der Waals surface area contributed by atoms with E-state index >= 15 is 0 Å². The molecule has 0 radical (unpaired) electrons. The Morgan fingerprint density at radius 1 is 1.37 bits per heavy atom. The van der Waals surface area contributed by atoms with E-state index in [-0.39, 0.29) is 24.1 Å². The molecule has 1 heterocycles. The van der Waals surface area contributed by atoms with E-state index in [4.69, 9.17) is 5.84 Å². The van der Waals surface area contributed by atoms with Crippen LogP contribution in [0.3, 0.4) is 0 Å². The monoisotopic (exact) mass is 273 g/mol. The number of carbonyl (C=O) groups is 1.